The van der Waals surface area contributed by atoms with Crippen molar-refractivity contribution in [2.45, 2.75) is 17.7 Å². The fourth-order valence-corrected chi connectivity index (χ4v) is 4.07. The third-order valence-corrected chi connectivity index (χ3v) is 5.57. The second-order valence-electron chi connectivity index (χ2n) is 6.09. The number of carbonyl (C=O) groups is 1. The van der Waals surface area contributed by atoms with Gasteiger partial charge in [0.2, 0.25) is 11.8 Å². The molecule has 1 amide bonds. The third-order valence-electron chi connectivity index (χ3n) is 4.19. The number of fused-ring (bicyclic) bond motifs is 3. The van der Waals surface area contributed by atoms with E-state index in [4.69, 9.17) is 0 Å². The monoisotopic (exact) mass is 383 g/mol. The van der Waals surface area contributed by atoms with E-state index in [0.717, 1.165) is 12.8 Å². The Balaban J connectivity index is 1.46. The second kappa shape index (κ2) is 6.84. The SMILES string of the molecule is O=C(NCCCc1ccccc1)c1nc2n(n1)-c1ccccc1S(=O)(=O)N2. The van der Waals surface area contributed by atoms with Gasteiger partial charge in [0, 0.05) is 6.54 Å². The molecule has 2 aromatic carbocycles. The molecule has 2 heterocycles. The first-order chi connectivity index (χ1) is 13.0. The molecule has 0 saturated carbocycles. The molecule has 0 unspecified atom stereocenters. The summed E-state index contributed by atoms with van der Waals surface area (Å²) in [4.78, 5) is 16.4. The Labute approximate surface area is 156 Å². The van der Waals surface area contributed by atoms with E-state index in [2.05, 4.69) is 20.1 Å². The van der Waals surface area contributed by atoms with Crippen molar-refractivity contribution < 1.29 is 13.2 Å². The number of nitrogens with zero attached hydrogens (tertiary/aromatic N) is 3. The molecule has 27 heavy (non-hydrogen) atoms. The number of sulfonamides is 1. The first-order valence-corrected chi connectivity index (χ1v) is 9.94. The minimum Gasteiger partial charge on any atom is -0.349 e. The Kier molecular flexibility index (Phi) is 4.36. The van der Waals surface area contributed by atoms with Gasteiger partial charge in [-0.15, -0.1) is 5.10 Å². The van der Waals surface area contributed by atoms with Crippen LogP contribution in [-0.4, -0.2) is 35.6 Å². The van der Waals surface area contributed by atoms with Crippen molar-refractivity contribution in [3.8, 4) is 5.69 Å². The molecule has 0 fully saturated rings. The van der Waals surface area contributed by atoms with E-state index in [1.807, 2.05) is 30.3 Å². The summed E-state index contributed by atoms with van der Waals surface area (Å²) in [5.41, 5.74) is 1.57. The van der Waals surface area contributed by atoms with E-state index in [0.29, 0.717) is 12.2 Å². The van der Waals surface area contributed by atoms with Gasteiger partial charge >= 0.3 is 0 Å². The molecular weight excluding hydrogens is 366 g/mol. The maximum atomic E-state index is 12.3. The van der Waals surface area contributed by atoms with E-state index >= 15 is 0 Å². The number of amides is 1. The van der Waals surface area contributed by atoms with Crippen LogP contribution in [0.25, 0.3) is 5.69 Å². The lowest BCUT2D eigenvalue weighted by atomic mass is 10.1. The van der Waals surface area contributed by atoms with Crippen molar-refractivity contribution in [2.75, 3.05) is 11.3 Å². The van der Waals surface area contributed by atoms with Crippen LogP contribution in [0.1, 0.15) is 22.6 Å². The van der Waals surface area contributed by atoms with Crippen LogP contribution in [0, 0.1) is 0 Å². The van der Waals surface area contributed by atoms with Crippen molar-refractivity contribution in [3.05, 3.63) is 66.0 Å². The summed E-state index contributed by atoms with van der Waals surface area (Å²) in [6.45, 7) is 0.472. The topological polar surface area (TPSA) is 106 Å². The van der Waals surface area contributed by atoms with Crippen molar-refractivity contribution >= 4 is 21.9 Å². The molecule has 0 aliphatic carbocycles. The van der Waals surface area contributed by atoms with Crippen LogP contribution in [0.15, 0.2) is 59.5 Å². The predicted molar refractivity (Wildman–Crippen MR) is 99.3 cm³/mol. The van der Waals surface area contributed by atoms with Gasteiger partial charge in [0.25, 0.3) is 15.9 Å². The first kappa shape index (κ1) is 17.2. The molecule has 9 heteroatoms. The molecule has 0 atom stereocenters. The predicted octanol–water partition coefficient (Wildman–Crippen LogP) is 1.74. The van der Waals surface area contributed by atoms with Crippen LogP contribution in [0.5, 0.6) is 0 Å². The Morgan fingerprint density at radius 1 is 1.07 bits per heavy atom. The highest BCUT2D eigenvalue weighted by Crippen LogP contribution is 2.28. The summed E-state index contributed by atoms with van der Waals surface area (Å²) in [5, 5.41) is 6.93. The second-order valence-corrected chi connectivity index (χ2v) is 7.74. The van der Waals surface area contributed by atoms with Gasteiger partial charge < -0.3 is 5.32 Å². The van der Waals surface area contributed by atoms with E-state index in [1.54, 1.807) is 18.2 Å². The lowest BCUT2D eigenvalue weighted by Crippen LogP contribution is -2.26. The lowest BCUT2D eigenvalue weighted by Gasteiger charge is -2.17. The van der Waals surface area contributed by atoms with Crippen LogP contribution in [-0.2, 0) is 16.4 Å². The first-order valence-electron chi connectivity index (χ1n) is 8.46. The smallest absolute Gasteiger partial charge is 0.291 e. The molecule has 4 rings (SSSR count). The van der Waals surface area contributed by atoms with Crippen LogP contribution in [0.3, 0.4) is 0 Å². The summed E-state index contributed by atoms with van der Waals surface area (Å²) < 4.78 is 28.2. The third kappa shape index (κ3) is 3.41. The lowest BCUT2D eigenvalue weighted by molar-refractivity contribution is 0.0943. The van der Waals surface area contributed by atoms with Gasteiger partial charge in [-0.2, -0.15) is 9.67 Å². The van der Waals surface area contributed by atoms with Crippen molar-refractivity contribution in [1.29, 1.82) is 0 Å². The number of aromatic nitrogens is 3. The average Bonchev–Trinajstić information content (AvgIpc) is 3.09. The van der Waals surface area contributed by atoms with Gasteiger partial charge in [0.15, 0.2) is 0 Å². The highest BCUT2D eigenvalue weighted by Gasteiger charge is 2.30. The standard InChI is InChI=1S/C18H17N5O3S/c24-17(19-12-6-9-13-7-2-1-3-8-13)16-20-18-22-27(25,26)15-11-5-4-10-14(15)23(18)21-16/h1-5,7-8,10-11H,6,9,12H2,(H,19,24)(H,20,21,22). The van der Waals surface area contributed by atoms with Gasteiger partial charge in [-0.1, -0.05) is 42.5 Å². The number of anilines is 1. The molecule has 0 saturated heterocycles. The zero-order valence-electron chi connectivity index (χ0n) is 14.3. The number of carbonyl (C=O) groups excluding carboxylic acids is 1. The Hall–Kier alpha value is -3.20. The van der Waals surface area contributed by atoms with Crippen LogP contribution >= 0.6 is 0 Å². The number of nitrogens with one attached hydrogen (secondary N) is 2. The number of hydrogen-bond donors (Lipinski definition) is 2. The summed E-state index contributed by atoms with van der Waals surface area (Å²) in [6.07, 6.45) is 1.63. The summed E-state index contributed by atoms with van der Waals surface area (Å²) in [5.74, 6) is -0.520. The summed E-state index contributed by atoms with van der Waals surface area (Å²) in [6, 6.07) is 16.4. The highest BCUT2D eigenvalue weighted by molar-refractivity contribution is 7.92. The Morgan fingerprint density at radius 2 is 1.81 bits per heavy atom. The quantitative estimate of drug-likeness (QED) is 0.653. The Bertz CT molecular complexity index is 1090. The molecular formula is C18H17N5O3S. The molecule has 8 nitrogen and oxygen atoms in total. The van der Waals surface area contributed by atoms with E-state index < -0.39 is 15.9 Å². The molecule has 138 valence electrons. The maximum Gasteiger partial charge on any atom is 0.291 e. The molecule has 3 aromatic rings. The van der Waals surface area contributed by atoms with Gasteiger partial charge in [-0.05, 0) is 30.5 Å². The van der Waals surface area contributed by atoms with Gasteiger partial charge in [0.1, 0.15) is 4.90 Å². The van der Waals surface area contributed by atoms with Crippen molar-refractivity contribution in [3.63, 3.8) is 0 Å². The minimum absolute atomic E-state index is 0.00290. The number of benzene rings is 2. The molecule has 2 N–H and O–H groups in total. The summed E-state index contributed by atoms with van der Waals surface area (Å²) >= 11 is 0. The van der Waals surface area contributed by atoms with Crippen LogP contribution < -0.4 is 10.0 Å². The van der Waals surface area contributed by atoms with Gasteiger partial charge in [0.05, 0.1) is 5.69 Å². The van der Waals surface area contributed by atoms with E-state index in [1.165, 1.54) is 16.3 Å². The Morgan fingerprint density at radius 3 is 2.63 bits per heavy atom. The summed E-state index contributed by atoms with van der Waals surface area (Å²) in [7, 11) is -3.72. The minimum atomic E-state index is -3.72. The normalized spacial score (nSPS) is 13.9. The maximum absolute atomic E-state index is 12.3. The van der Waals surface area contributed by atoms with Crippen LogP contribution in [0.2, 0.25) is 0 Å². The number of aryl methyl sites for hydroxylation is 1. The van der Waals surface area contributed by atoms with Gasteiger partial charge in [-0.3, -0.25) is 4.79 Å². The number of hydrogen-bond acceptors (Lipinski definition) is 5. The fraction of sp³-hybridized carbons (Fsp3) is 0.167. The zero-order valence-corrected chi connectivity index (χ0v) is 15.1. The molecule has 0 radical (unpaired) electrons. The molecule has 1 aliphatic rings. The fourth-order valence-electron chi connectivity index (χ4n) is 2.90. The molecule has 1 aromatic heterocycles. The van der Waals surface area contributed by atoms with Gasteiger partial charge in [-0.25, -0.2) is 13.1 Å². The zero-order chi connectivity index (χ0) is 18.9. The van der Waals surface area contributed by atoms with Crippen molar-refractivity contribution in [2.24, 2.45) is 0 Å². The van der Waals surface area contributed by atoms with E-state index in [-0.39, 0.29) is 16.7 Å². The average molecular weight is 383 g/mol. The number of para-hydroxylation sites is 1. The van der Waals surface area contributed by atoms with Crippen molar-refractivity contribution in [1.82, 2.24) is 20.1 Å². The molecule has 0 spiro atoms. The molecule has 0 bridgehead atoms. The molecule has 1 aliphatic heterocycles. The largest absolute Gasteiger partial charge is 0.349 e. The van der Waals surface area contributed by atoms with E-state index in [9.17, 15) is 13.2 Å². The van der Waals surface area contributed by atoms with Crippen LogP contribution in [0.4, 0.5) is 5.95 Å². The highest BCUT2D eigenvalue weighted by atomic mass is 32.2. The number of rotatable bonds is 5.